The maximum atomic E-state index is 12.5. The van der Waals surface area contributed by atoms with Gasteiger partial charge in [0.15, 0.2) is 0 Å². The molecule has 7 nitrogen and oxygen atoms in total. The van der Waals surface area contributed by atoms with Gasteiger partial charge in [-0.15, -0.1) is 0 Å². The molecule has 1 aromatic carbocycles. The summed E-state index contributed by atoms with van der Waals surface area (Å²) in [6.07, 6.45) is 0.467. The van der Waals surface area contributed by atoms with Gasteiger partial charge in [0.2, 0.25) is 5.91 Å². The van der Waals surface area contributed by atoms with Crippen LogP contribution in [0, 0.1) is 22.7 Å². The van der Waals surface area contributed by atoms with Crippen LogP contribution in [0.1, 0.15) is 34.4 Å². The Labute approximate surface area is 181 Å². The number of nitrogens with two attached hydrogens (primary N) is 1. The Morgan fingerprint density at radius 3 is 2.37 bits per heavy atom. The largest absolute Gasteiger partial charge is 0.368 e. The molecule has 30 heavy (non-hydrogen) atoms. The third kappa shape index (κ3) is 4.84. The summed E-state index contributed by atoms with van der Waals surface area (Å²) >= 11 is 1.07. The van der Waals surface area contributed by atoms with Crippen LogP contribution in [0.4, 0.5) is 5.82 Å². The molecule has 2 aromatic rings. The molecular formula is C21H24N5O2PS. The number of hydrogen-bond acceptors (Lipinski definition) is 7. The highest BCUT2D eigenvalue weighted by molar-refractivity contribution is 8.00. The van der Waals surface area contributed by atoms with E-state index >= 15 is 0 Å². The lowest BCUT2D eigenvalue weighted by molar-refractivity contribution is -0.117. The summed E-state index contributed by atoms with van der Waals surface area (Å²) in [5.74, 6) is -0.168. The number of carbonyl (C=O) groups excluding carboxylic acids is 1. The minimum absolute atomic E-state index is 0.267. The Hall–Kier alpha value is -2.80. The second kappa shape index (κ2) is 9.34. The number of nitrogens with zero attached hydrogens (tertiary/aromatic N) is 4. The number of amides is 1. The number of thioether (sulfide) groups is 1. The van der Waals surface area contributed by atoms with E-state index in [1.54, 1.807) is 56.6 Å². The number of anilines is 1. The zero-order valence-corrected chi connectivity index (χ0v) is 19.3. The molecule has 0 bridgehead atoms. The Morgan fingerprint density at radius 2 is 1.90 bits per heavy atom. The van der Waals surface area contributed by atoms with Crippen molar-refractivity contribution in [1.29, 1.82) is 10.5 Å². The first-order valence-electron chi connectivity index (χ1n) is 9.21. The SMILES string of the molecule is CCc1c(C#N)c(SC(C(N)=O)c2cccc(P(C)(C)=O)c2)nc(N(C)C)c1C#N. The molecule has 0 spiro atoms. The first kappa shape index (κ1) is 23.5. The van der Waals surface area contributed by atoms with Gasteiger partial charge in [-0.2, -0.15) is 10.5 Å². The van der Waals surface area contributed by atoms with Crippen LogP contribution >= 0.6 is 18.9 Å². The lowest BCUT2D eigenvalue weighted by atomic mass is 10.0. The van der Waals surface area contributed by atoms with Crippen LogP contribution in [0.15, 0.2) is 29.3 Å². The molecule has 0 radical (unpaired) electrons. The number of primary amides is 1. The van der Waals surface area contributed by atoms with Crippen molar-refractivity contribution < 1.29 is 9.36 Å². The van der Waals surface area contributed by atoms with Gasteiger partial charge in [-0.25, -0.2) is 4.98 Å². The van der Waals surface area contributed by atoms with Gasteiger partial charge in [0.1, 0.15) is 35.4 Å². The highest BCUT2D eigenvalue weighted by Crippen LogP contribution is 2.41. The third-order valence-corrected chi connectivity index (χ3v) is 7.31. The topological polar surface area (TPSA) is 124 Å². The normalized spacial score (nSPS) is 12.0. The molecule has 1 unspecified atom stereocenters. The van der Waals surface area contributed by atoms with Crippen LogP contribution in [0.25, 0.3) is 0 Å². The van der Waals surface area contributed by atoms with E-state index in [4.69, 9.17) is 5.73 Å². The quantitative estimate of drug-likeness (QED) is 0.517. The van der Waals surface area contributed by atoms with Crippen molar-refractivity contribution in [3.63, 3.8) is 0 Å². The van der Waals surface area contributed by atoms with Crippen LogP contribution in [0.3, 0.4) is 0 Å². The van der Waals surface area contributed by atoms with Crippen LogP contribution in [0.2, 0.25) is 0 Å². The van der Waals surface area contributed by atoms with E-state index in [0.29, 0.717) is 39.3 Å². The first-order valence-corrected chi connectivity index (χ1v) is 12.7. The number of hydrogen-bond donors (Lipinski definition) is 1. The van der Waals surface area contributed by atoms with Crippen molar-refractivity contribution in [2.75, 3.05) is 32.3 Å². The van der Waals surface area contributed by atoms with Gasteiger partial charge in [-0.3, -0.25) is 4.79 Å². The van der Waals surface area contributed by atoms with E-state index in [1.165, 1.54) is 0 Å². The molecular weight excluding hydrogens is 417 g/mol. The van der Waals surface area contributed by atoms with Gasteiger partial charge < -0.3 is 15.2 Å². The second-order valence-electron chi connectivity index (χ2n) is 7.29. The summed E-state index contributed by atoms with van der Waals surface area (Å²) in [7, 11) is 0.995. The Kier molecular flexibility index (Phi) is 7.31. The van der Waals surface area contributed by atoms with Crippen molar-refractivity contribution in [3.8, 4) is 12.1 Å². The van der Waals surface area contributed by atoms with Gasteiger partial charge in [-0.1, -0.05) is 36.9 Å². The highest BCUT2D eigenvalue weighted by Gasteiger charge is 2.27. The predicted octanol–water partition coefficient (Wildman–Crippen LogP) is 3.02. The molecule has 1 amide bonds. The fourth-order valence-electron chi connectivity index (χ4n) is 3.02. The fourth-order valence-corrected chi connectivity index (χ4v) is 4.97. The molecule has 156 valence electrons. The van der Waals surface area contributed by atoms with Crippen LogP contribution in [0.5, 0.6) is 0 Å². The Balaban J connectivity index is 2.68. The number of pyridine rings is 1. The van der Waals surface area contributed by atoms with Crippen molar-refractivity contribution >= 4 is 35.9 Å². The van der Waals surface area contributed by atoms with Crippen LogP contribution in [-0.2, 0) is 15.8 Å². The highest BCUT2D eigenvalue weighted by atomic mass is 32.2. The van der Waals surface area contributed by atoms with E-state index in [1.807, 2.05) is 6.92 Å². The zero-order chi connectivity index (χ0) is 22.6. The van der Waals surface area contributed by atoms with Gasteiger partial charge in [-0.05, 0) is 36.9 Å². The number of nitriles is 2. The summed E-state index contributed by atoms with van der Waals surface area (Å²) in [6, 6.07) is 11.2. The molecule has 9 heteroatoms. The fraction of sp³-hybridized carbons (Fsp3) is 0.333. The standard InChI is InChI=1S/C21H24N5O2PS/c1-6-15-16(11-22)20(26(2)3)25-21(17(15)12-23)30-18(19(24)27)13-8-7-9-14(10-13)29(4,5)28/h7-10,18H,6H2,1-5H3,(H2,24,27). The molecule has 2 rings (SSSR count). The first-order chi connectivity index (χ1) is 14.0. The van der Waals surface area contributed by atoms with Crippen LogP contribution in [-0.4, -0.2) is 38.3 Å². The number of rotatable bonds is 7. The minimum Gasteiger partial charge on any atom is -0.368 e. The van der Waals surface area contributed by atoms with Gasteiger partial charge in [0.05, 0.1) is 11.1 Å². The maximum Gasteiger partial charge on any atom is 0.235 e. The maximum absolute atomic E-state index is 12.5. The van der Waals surface area contributed by atoms with E-state index in [0.717, 1.165) is 11.8 Å². The molecule has 2 N–H and O–H groups in total. The Bertz CT molecular complexity index is 1110. The molecule has 1 aromatic heterocycles. The van der Waals surface area contributed by atoms with Crippen molar-refractivity contribution in [2.24, 2.45) is 5.73 Å². The number of aromatic nitrogens is 1. The lowest BCUT2D eigenvalue weighted by Gasteiger charge is -2.21. The molecule has 1 heterocycles. The summed E-state index contributed by atoms with van der Waals surface area (Å²) in [4.78, 5) is 18.5. The van der Waals surface area contributed by atoms with E-state index in [-0.39, 0.29) is 5.56 Å². The van der Waals surface area contributed by atoms with Crippen molar-refractivity contribution in [1.82, 2.24) is 4.98 Å². The summed E-state index contributed by atoms with van der Waals surface area (Å²) in [5.41, 5.74) is 7.48. The van der Waals surface area contributed by atoms with Gasteiger partial charge >= 0.3 is 0 Å². The molecule has 0 fully saturated rings. The minimum atomic E-state index is -2.53. The summed E-state index contributed by atoms with van der Waals surface area (Å²) in [5, 5.41) is 19.5. The number of carbonyl (C=O) groups is 1. The van der Waals surface area contributed by atoms with Crippen LogP contribution < -0.4 is 15.9 Å². The average Bonchev–Trinajstić information content (AvgIpc) is 2.69. The molecule has 0 aliphatic rings. The average molecular weight is 441 g/mol. The molecule has 0 saturated heterocycles. The zero-order valence-electron chi connectivity index (χ0n) is 17.6. The van der Waals surface area contributed by atoms with Gasteiger partial charge in [0.25, 0.3) is 0 Å². The lowest BCUT2D eigenvalue weighted by Crippen LogP contribution is -2.21. The van der Waals surface area contributed by atoms with Gasteiger partial charge in [0, 0.05) is 19.4 Å². The molecule has 0 aliphatic carbocycles. The smallest absolute Gasteiger partial charge is 0.235 e. The monoisotopic (exact) mass is 441 g/mol. The third-order valence-electron chi connectivity index (χ3n) is 4.53. The second-order valence-corrected chi connectivity index (χ2v) is 11.6. The number of benzene rings is 1. The predicted molar refractivity (Wildman–Crippen MR) is 121 cm³/mol. The summed E-state index contributed by atoms with van der Waals surface area (Å²) < 4.78 is 12.5. The van der Waals surface area contributed by atoms with E-state index in [2.05, 4.69) is 17.1 Å². The molecule has 0 aliphatic heterocycles. The molecule has 0 saturated carbocycles. The van der Waals surface area contributed by atoms with Crippen molar-refractivity contribution in [3.05, 3.63) is 46.5 Å². The van der Waals surface area contributed by atoms with Crippen molar-refractivity contribution in [2.45, 2.75) is 23.6 Å². The molecule has 1 atom stereocenters. The summed E-state index contributed by atoms with van der Waals surface area (Å²) in [6.45, 7) is 5.18. The Morgan fingerprint density at radius 1 is 1.27 bits per heavy atom. The van der Waals surface area contributed by atoms with E-state index in [9.17, 15) is 19.9 Å². The van der Waals surface area contributed by atoms with E-state index < -0.39 is 18.3 Å².